The first-order valence-electron chi connectivity index (χ1n) is 11.0. The van der Waals surface area contributed by atoms with E-state index in [1.807, 2.05) is 37.4 Å². The number of ether oxygens (including phenoxy) is 4. The number of likely N-dealkylation sites (tertiary alicyclic amines) is 1. The van der Waals surface area contributed by atoms with Crippen LogP contribution in [0.5, 0.6) is 17.2 Å². The van der Waals surface area contributed by atoms with E-state index in [1.54, 1.807) is 21.3 Å². The molecule has 2 aromatic rings. The average Bonchev–Trinajstić information content (AvgIpc) is 3.30. The molecule has 1 aliphatic heterocycles. The molecular formula is C25H36IN3O4. The van der Waals surface area contributed by atoms with Gasteiger partial charge in [-0.1, -0.05) is 30.3 Å². The lowest BCUT2D eigenvalue weighted by molar-refractivity contribution is 0.0907. The highest BCUT2D eigenvalue weighted by molar-refractivity contribution is 14.0. The fourth-order valence-electron chi connectivity index (χ4n) is 4.03. The molecule has 1 aliphatic rings. The second-order valence-corrected chi connectivity index (χ2v) is 7.84. The first-order valence-corrected chi connectivity index (χ1v) is 11.0. The zero-order valence-corrected chi connectivity index (χ0v) is 22.3. The molecule has 1 saturated heterocycles. The third-order valence-corrected chi connectivity index (χ3v) is 5.74. The van der Waals surface area contributed by atoms with E-state index in [0.717, 1.165) is 62.1 Å². The van der Waals surface area contributed by atoms with E-state index in [0.29, 0.717) is 18.3 Å². The summed E-state index contributed by atoms with van der Waals surface area (Å²) in [7, 11) is 6.79. The Hall–Kier alpha value is -2.20. The molecule has 1 N–H and O–H groups in total. The van der Waals surface area contributed by atoms with Crippen LogP contribution in [0.15, 0.2) is 47.5 Å². The Balaban J connectivity index is 0.00000385. The van der Waals surface area contributed by atoms with Crippen LogP contribution in [0.2, 0.25) is 0 Å². The Morgan fingerprint density at radius 1 is 1.06 bits per heavy atom. The van der Waals surface area contributed by atoms with E-state index in [2.05, 4.69) is 27.3 Å². The van der Waals surface area contributed by atoms with Crippen LogP contribution >= 0.6 is 24.0 Å². The predicted molar refractivity (Wildman–Crippen MR) is 142 cm³/mol. The summed E-state index contributed by atoms with van der Waals surface area (Å²) in [6, 6.07) is 14.1. The molecule has 0 spiro atoms. The van der Waals surface area contributed by atoms with Gasteiger partial charge in [0.25, 0.3) is 0 Å². The van der Waals surface area contributed by atoms with Gasteiger partial charge in [-0.25, -0.2) is 0 Å². The number of aliphatic imine (C=N–C) groups is 1. The number of nitrogens with zero attached hydrogens (tertiary/aromatic N) is 2. The molecule has 1 fully saturated rings. The molecule has 0 saturated carbocycles. The number of guanidine groups is 1. The molecule has 0 aliphatic carbocycles. The van der Waals surface area contributed by atoms with Crippen molar-refractivity contribution in [3.05, 3.63) is 53.6 Å². The van der Waals surface area contributed by atoms with Crippen molar-refractivity contribution in [1.29, 1.82) is 0 Å². The highest BCUT2D eigenvalue weighted by Gasteiger charge is 2.25. The fourth-order valence-corrected chi connectivity index (χ4v) is 4.03. The van der Waals surface area contributed by atoms with E-state index < -0.39 is 0 Å². The number of halogens is 1. The van der Waals surface area contributed by atoms with E-state index in [-0.39, 0.29) is 24.0 Å². The van der Waals surface area contributed by atoms with Gasteiger partial charge in [-0.05, 0) is 18.4 Å². The van der Waals surface area contributed by atoms with Crippen LogP contribution in [0, 0.1) is 5.92 Å². The first-order chi connectivity index (χ1) is 15.7. The summed E-state index contributed by atoms with van der Waals surface area (Å²) in [5.41, 5.74) is 2.22. The van der Waals surface area contributed by atoms with Gasteiger partial charge in [-0.2, -0.15) is 0 Å². The van der Waals surface area contributed by atoms with Crippen LogP contribution in [-0.4, -0.2) is 65.5 Å². The van der Waals surface area contributed by atoms with Crippen molar-refractivity contribution in [2.24, 2.45) is 10.9 Å². The summed E-state index contributed by atoms with van der Waals surface area (Å²) in [6.07, 6.45) is 1.85. The van der Waals surface area contributed by atoms with Crippen molar-refractivity contribution in [3.8, 4) is 17.2 Å². The minimum Gasteiger partial charge on any atom is -0.496 e. The van der Waals surface area contributed by atoms with E-state index in [1.165, 1.54) is 5.56 Å². The van der Waals surface area contributed by atoms with E-state index in [9.17, 15) is 0 Å². The van der Waals surface area contributed by atoms with Gasteiger partial charge in [0.05, 0.1) is 34.5 Å². The monoisotopic (exact) mass is 569 g/mol. The van der Waals surface area contributed by atoms with Gasteiger partial charge in [0.1, 0.15) is 17.2 Å². The molecule has 33 heavy (non-hydrogen) atoms. The van der Waals surface area contributed by atoms with Crippen molar-refractivity contribution in [2.45, 2.75) is 19.4 Å². The Kier molecular flexibility index (Phi) is 11.6. The summed E-state index contributed by atoms with van der Waals surface area (Å²) < 4.78 is 22.4. The minimum absolute atomic E-state index is 0. The summed E-state index contributed by atoms with van der Waals surface area (Å²) >= 11 is 0. The molecule has 2 aromatic carbocycles. The highest BCUT2D eigenvalue weighted by Crippen LogP contribution is 2.34. The highest BCUT2D eigenvalue weighted by atomic mass is 127. The van der Waals surface area contributed by atoms with Crippen LogP contribution in [0.4, 0.5) is 0 Å². The summed E-state index contributed by atoms with van der Waals surface area (Å²) in [6.45, 7) is 4.08. The summed E-state index contributed by atoms with van der Waals surface area (Å²) in [5.74, 6) is 3.66. The number of hydrogen-bond donors (Lipinski definition) is 1. The van der Waals surface area contributed by atoms with E-state index >= 15 is 0 Å². The van der Waals surface area contributed by atoms with Crippen LogP contribution in [-0.2, 0) is 17.8 Å². The zero-order chi connectivity index (χ0) is 22.8. The van der Waals surface area contributed by atoms with Crippen LogP contribution in [0.3, 0.4) is 0 Å². The Labute approximate surface area is 214 Å². The molecule has 1 unspecified atom stereocenters. The molecule has 0 aromatic heterocycles. The Bertz CT molecular complexity index is 854. The predicted octanol–water partition coefficient (Wildman–Crippen LogP) is 3.99. The molecule has 8 heteroatoms. The van der Waals surface area contributed by atoms with Crippen LogP contribution in [0.25, 0.3) is 0 Å². The standard InChI is InChI=1S/C25H35N3O4.HI/c1-26-25(27-12-10-22-23(30-3)14-21(29-2)15-24(22)31-4)28-13-11-20(16-28)18-32-17-19-8-6-5-7-9-19;/h5-9,14-15,20H,10-13,16-18H2,1-4H3,(H,26,27);1H. The largest absolute Gasteiger partial charge is 0.496 e. The van der Waals surface area contributed by atoms with Crippen molar-refractivity contribution in [2.75, 3.05) is 54.6 Å². The fraction of sp³-hybridized carbons (Fsp3) is 0.480. The molecule has 0 amide bonds. The smallest absolute Gasteiger partial charge is 0.193 e. The van der Waals surface area contributed by atoms with Gasteiger partial charge in [-0.3, -0.25) is 4.99 Å². The van der Waals surface area contributed by atoms with Gasteiger partial charge in [-0.15, -0.1) is 24.0 Å². The number of hydrogen-bond acceptors (Lipinski definition) is 5. The second kappa shape index (κ2) is 14.1. The third-order valence-electron chi connectivity index (χ3n) is 5.74. The molecule has 1 atom stereocenters. The van der Waals surface area contributed by atoms with Crippen molar-refractivity contribution < 1.29 is 18.9 Å². The zero-order valence-electron chi connectivity index (χ0n) is 20.0. The molecule has 1 heterocycles. The normalized spacial score (nSPS) is 15.7. The summed E-state index contributed by atoms with van der Waals surface area (Å²) in [4.78, 5) is 6.79. The number of methoxy groups -OCH3 is 3. The van der Waals surface area contributed by atoms with Gasteiger partial charge < -0.3 is 29.2 Å². The lowest BCUT2D eigenvalue weighted by atomic mass is 10.1. The molecule has 3 rings (SSSR count). The number of benzene rings is 2. The summed E-state index contributed by atoms with van der Waals surface area (Å²) in [5, 5.41) is 3.49. The first kappa shape index (κ1) is 27.0. The maximum atomic E-state index is 5.95. The minimum atomic E-state index is 0. The van der Waals surface area contributed by atoms with Gasteiger partial charge in [0.15, 0.2) is 5.96 Å². The number of nitrogens with one attached hydrogen (secondary N) is 1. The molecule has 0 bridgehead atoms. The average molecular weight is 569 g/mol. The topological polar surface area (TPSA) is 64.6 Å². The Morgan fingerprint density at radius 3 is 2.36 bits per heavy atom. The molecular weight excluding hydrogens is 533 g/mol. The molecule has 182 valence electrons. The second-order valence-electron chi connectivity index (χ2n) is 7.84. The van der Waals surface area contributed by atoms with Crippen molar-refractivity contribution >= 4 is 29.9 Å². The van der Waals surface area contributed by atoms with Gasteiger partial charge in [0, 0.05) is 50.3 Å². The van der Waals surface area contributed by atoms with Crippen molar-refractivity contribution in [3.63, 3.8) is 0 Å². The quantitative estimate of drug-likeness (QED) is 0.265. The van der Waals surface area contributed by atoms with Crippen molar-refractivity contribution in [1.82, 2.24) is 10.2 Å². The lowest BCUT2D eigenvalue weighted by Crippen LogP contribution is -2.41. The number of rotatable bonds is 10. The SMILES string of the molecule is CN=C(NCCc1c(OC)cc(OC)cc1OC)N1CCC(COCc2ccccc2)C1.I. The molecule has 0 radical (unpaired) electrons. The van der Waals surface area contributed by atoms with Gasteiger partial charge >= 0.3 is 0 Å². The third kappa shape index (κ3) is 7.67. The maximum absolute atomic E-state index is 5.95. The van der Waals surface area contributed by atoms with Crippen LogP contribution < -0.4 is 19.5 Å². The van der Waals surface area contributed by atoms with Crippen LogP contribution in [0.1, 0.15) is 17.5 Å². The maximum Gasteiger partial charge on any atom is 0.193 e. The molecule has 7 nitrogen and oxygen atoms in total. The lowest BCUT2D eigenvalue weighted by Gasteiger charge is -2.22. The Morgan fingerprint density at radius 2 is 1.76 bits per heavy atom. The van der Waals surface area contributed by atoms with Gasteiger partial charge in [0.2, 0.25) is 0 Å². The van der Waals surface area contributed by atoms with E-state index in [4.69, 9.17) is 18.9 Å².